The van der Waals surface area contributed by atoms with Crippen LogP contribution in [0.1, 0.15) is 96.3 Å². The minimum absolute atomic E-state index is 0.0446. The van der Waals surface area contributed by atoms with E-state index in [-0.39, 0.29) is 30.7 Å². The number of rotatable bonds is 7. The summed E-state index contributed by atoms with van der Waals surface area (Å²) in [6.07, 6.45) is 10.9. The first-order valence-electron chi connectivity index (χ1n) is 14.6. The number of alkyl halides is 3. The molecule has 202 valence electrons. The third kappa shape index (κ3) is 7.37. The van der Waals surface area contributed by atoms with Gasteiger partial charge in [0.25, 0.3) is 0 Å². The Morgan fingerprint density at radius 2 is 1.51 bits per heavy atom. The first kappa shape index (κ1) is 27.2. The molecular formula is C28H48F3N3O. The van der Waals surface area contributed by atoms with Crippen molar-refractivity contribution in [1.82, 2.24) is 14.7 Å². The van der Waals surface area contributed by atoms with Gasteiger partial charge in [-0.25, -0.2) is 0 Å². The second-order valence-electron chi connectivity index (χ2n) is 12.0. The minimum Gasteiger partial charge on any atom is -0.344 e. The predicted octanol–water partition coefficient (Wildman–Crippen LogP) is 6.10. The summed E-state index contributed by atoms with van der Waals surface area (Å²) in [6.45, 7) is 5.04. The molecule has 2 saturated carbocycles. The maximum atomic E-state index is 13.8. The second kappa shape index (κ2) is 12.6. The van der Waals surface area contributed by atoms with Crippen LogP contribution in [0.4, 0.5) is 13.2 Å². The average Bonchev–Trinajstić information content (AvgIpc) is 2.88. The lowest BCUT2D eigenvalue weighted by Crippen LogP contribution is -2.56. The van der Waals surface area contributed by atoms with Crippen molar-refractivity contribution >= 4 is 5.91 Å². The van der Waals surface area contributed by atoms with Gasteiger partial charge in [-0.2, -0.15) is 13.2 Å². The molecule has 1 amide bonds. The van der Waals surface area contributed by atoms with Gasteiger partial charge in [-0.05, 0) is 82.7 Å². The van der Waals surface area contributed by atoms with Gasteiger partial charge in [0.2, 0.25) is 5.91 Å². The third-order valence-electron chi connectivity index (χ3n) is 9.64. The summed E-state index contributed by atoms with van der Waals surface area (Å²) in [5.74, 6) is -0.427. The zero-order chi connectivity index (χ0) is 24.8. The van der Waals surface area contributed by atoms with Gasteiger partial charge in [0.15, 0.2) is 0 Å². The van der Waals surface area contributed by atoms with Crippen molar-refractivity contribution in [2.45, 2.75) is 115 Å². The predicted molar refractivity (Wildman–Crippen MR) is 134 cm³/mol. The van der Waals surface area contributed by atoms with Gasteiger partial charge < -0.3 is 9.80 Å². The number of halogens is 3. The Labute approximate surface area is 211 Å². The van der Waals surface area contributed by atoms with Gasteiger partial charge >= 0.3 is 6.18 Å². The van der Waals surface area contributed by atoms with Crippen LogP contribution in [0.25, 0.3) is 0 Å². The van der Waals surface area contributed by atoms with Crippen molar-refractivity contribution in [2.24, 2.45) is 17.8 Å². The molecule has 0 aromatic heterocycles. The number of hydrogen-bond donors (Lipinski definition) is 0. The van der Waals surface area contributed by atoms with Gasteiger partial charge in [0, 0.05) is 32.7 Å². The maximum absolute atomic E-state index is 13.8. The first-order chi connectivity index (χ1) is 16.8. The second-order valence-corrected chi connectivity index (χ2v) is 12.0. The molecule has 0 bridgehead atoms. The van der Waals surface area contributed by atoms with Crippen LogP contribution >= 0.6 is 0 Å². The zero-order valence-corrected chi connectivity index (χ0v) is 21.9. The molecule has 3 atom stereocenters. The lowest BCUT2D eigenvalue weighted by Gasteiger charge is -2.45. The summed E-state index contributed by atoms with van der Waals surface area (Å²) in [4.78, 5) is 20.8. The maximum Gasteiger partial charge on any atom is 0.391 e. The number of carbonyl (C=O) groups excluding carboxylic acids is 1. The van der Waals surface area contributed by atoms with Gasteiger partial charge in [0.05, 0.1) is 12.0 Å². The largest absolute Gasteiger partial charge is 0.391 e. The molecule has 2 heterocycles. The fourth-order valence-electron chi connectivity index (χ4n) is 7.48. The molecule has 0 spiro atoms. The topological polar surface area (TPSA) is 26.8 Å². The normalized spacial score (nSPS) is 29.7. The standard InChI is InChI=1S/C28H48F3N3O/c1-32(18-13-22-9-8-12-24(21-22)28(29,30)31)27(35)26(23-10-4-2-5-11-23)34-19-14-25(15-20-34)33-16-6-3-7-17-33/h22-26H,2-21H2,1H3. The highest BCUT2D eigenvalue weighted by Crippen LogP contribution is 2.41. The molecule has 7 heteroatoms. The van der Waals surface area contributed by atoms with E-state index in [1.807, 2.05) is 11.9 Å². The fourth-order valence-corrected chi connectivity index (χ4v) is 7.48. The quantitative estimate of drug-likeness (QED) is 0.423. The van der Waals surface area contributed by atoms with Gasteiger partial charge in [0.1, 0.15) is 0 Å². The summed E-state index contributed by atoms with van der Waals surface area (Å²) >= 11 is 0. The lowest BCUT2D eigenvalue weighted by molar-refractivity contribution is -0.186. The Morgan fingerprint density at radius 3 is 2.17 bits per heavy atom. The molecule has 0 N–H and O–H groups in total. The molecule has 4 rings (SSSR count). The summed E-state index contributed by atoms with van der Waals surface area (Å²) in [5.41, 5.74) is 0. The van der Waals surface area contributed by atoms with Crippen molar-refractivity contribution in [2.75, 3.05) is 39.8 Å². The summed E-state index contributed by atoms with van der Waals surface area (Å²) in [7, 11) is 1.89. The number of carbonyl (C=O) groups is 1. The molecule has 4 aliphatic rings. The Hall–Kier alpha value is -0.820. The molecule has 4 fully saturated rings. The Balaban J connectivity index is 1.33. The number of hydrogen-bond acceptors (Lipinski definition) is 3. The highest BCUT2D eigenvalue weighted by molar-refractivity contribution is 5.82. The number of likely N-dealkylation sites (tertiary alicyclic amines) is 2. The molecular weight excluding hydrogens is 451 g/mol. The molecule has 2 saturated heterocycles. The Kier molecular flexibility index (Phi) is 9.81. The van der Waals surface area contributed by atoms with E-state index in [0.29, 0.717) is 31.3 Å². The van der Waals surface area contributed by atoms with Crippen molar-refractivity contribution in [3.8, 4) is 0 Å². The number of piperidine rings is 2. The van der Waals surface area contributed by atoms with E-state index in [4.69, 9.17) is 0 Å². The number of nitrogens with zero attached hydrogens (tertiary/aromatic N) is 3. The van der Waals surface area contributed by atoms with Gasteiger partial charge in [-0.1, -0.05) is 38.5 Å². The molecule has 2 aliphatic carbocycles. The lowest BCUT2D eigenvalue weighted by atomic mass is 9.79. The summed E-state index contributed by atoms with van der Waals surface area (Å²) in [5, 5.41) is 0. The molecule has 2 aliphatic heterocycles. The molecule has 0 aromatic carbocycles. The Morgan fingerprint density at radius 1 is 0.857 bits per heavy atom. The molecule has 4 nitrogen and oxygen atoms in total. The number of amides is 1. The zero-order valence-electron chi connectivity index (χ0n) is 21.9. The van der Waals surface area contributed by atoms with Crippen LogP contribution in [0, 0.1) is 17.8 Å². The van der Waals surface area contributed by atoms with Gasteiger partial charge in [-0.3, -0.25) is 9.69 Å². The van der Waals surface area contributed by atoms with Crippen LogP contribution in [0.15, 0.2) is 0 Å². The van der Waals surface area contributed by atoms with Crippen molar-refractivity contribution in [3.63, 3.8) is 0 Å². The molecule has 3 unspecified atom stereocenters. The Bertz CT molecular complexity index is 652. The average molecular weight is 500 g/mol. The van der Waals surface area contributed by atoms with Crippen LogP contribution in [-0.4, -0.2) is 78.6 Å². The third-order valence-corrected chi connectivity index (χ3v) is 9.64. The SMILES string of the molecule is CN(CCC1CCCC(C(F)(F)F)C1)C(=O)C(C1CCCCC1)N1CCC(N2CCCCC2)CC1. The summed E-state index contributed by atoms with van der Waals surface area (Å²) < 4.78 is 39.7. The molecule has 0 aromatic rings. The smallest absolute Gasteiger partial charge is 0.344 e. The van der Waals surface area contributed by atoms with Crippen molar-refractivity contribution < 1.29 is 18.0 Å². The van der Waals surface area contributed by atoms with Crippen molar-refractivity contribution in [3.05, 3.63) is 0 Å². The fraction of sp³-hybridized carbons (Fsp3) is 0.964. The highest BCUT2D eigenvalue weighted by atomic mass is 19.4. The van der Waals surface area contributed by atoms with E-state index in [2.05, 4.69) is 9.80 Å². The highest BCUT2D eigenvalue weighted by Gasteiger charge is 2.42. The number of likely N-dealkylation sites (N-methyl/N-ethyl adjacent to an activating group) is 1. The van der Waals surface area contributed by atoms with E-state index >= 15 is 0 Å². The van der Waals surface area contributed by atoms with Crippen LogP contribution < -0.4 is 0 Å². The van der Waals surface area contributed by atoms with Crippen LogP contribution in [0.3, 0.4) is 0 Å². The van der Waals surface area contributed by atoms with Crippen LogP contribution in [0.5, 0.6) is 0 Å². The monoisotopic (exact) mass is 499 g/mol. The summed E-state index contributed by atoms with van der Waals surface area (Å²) in [6, 6.07) is 0.621. The van der Waals surface area contributed by atoms with Crippen LogP contribution in [-0.2, 0) is 4.79 Å². The van der Waals surface area contributed by atoms with E-state index in [1.165, 1.54) is 51.6 Å². The van der Waals surface area contributed by atoms with E-state index in [1.54, 1.807) is 0 Å². The molecule has 35 heavy (non-hydrogen) atoms. The molecule has 0 radical (unpaired) electrons. The van der Waals surface area contributed by atoms with Gasteiger partial charge in [-0.15, -0.1) is 0 Å². The van der Waals surface area contributed by atoms with E-state index in [0.717, 1.165) is 45.2 Å². The van der Waals surface area contributed by atoms with Crippen LogP contribution in [0.2, 0.25) is 0 Å². The first-order valence-corrected chi connectivity index (χ1v) is 14.6. The van der Waals surface area contributed by atoms with E-state index < -0.39 is 12.1 Å². The van der Waals surface area contributed by atoms with Crippen molar-refractivity contribution in [1.29, 1.82) is 0 Å². The van der Waals surface area contributed by atoms with E-state index in [9.17, 15) is 18.0 Å². The minimum atomic E-state index is -4.08.